The van der Waals surface area contributed by atoms with E-state index in [4.69, 9.17) is 16.7 Å². The largest absolute Gasteiger partial charge is 0.506 e. The number of rotatable bonds is 3. The number of aliphatic hydroxyl groups is 1. The molecule has 0 aliphatic heterocycles. The highest BCUT2D eigenvalue weighted by atomic mass is 35.5. The van der Waals surface area contributed by atoms with Crippen LogP contribution in [0.25, 0.3) is 5.76 Å². The SMILES string of the molecule is O=C(O)c1cc(Cl)ccc1N=CC1=C(O)c2ccccc2C1=O. The standard InChI is InChI=1S/C17H10ClNO4/c18-9-5-6-14(12(7-9)17(22)23)19-8-13-15(20)10-3-1-2-4-11(10)16(13)21/h1-8,20H,(H,22,23). The molecule has 0 radical (unpaired) electrons. The van der Waals surface area contributed by atoms with E-state index in [2.05, 4.69) is 4.99 Å². The zero-order chi connectivity index (χ0) is 16.6. The Balaban J connectivity index is 2.01. The number of hydrogen-bond donors (Lipinski definition) is 2. The van der Waals surface area contributed by atoms with E-state index in [9.17, 15) is 14.7 Å². The summed E-state index contributed by atoms with van der Waals surface area (Å²) in [5, 5.41) is 19.6. The van der Waals surface area contributed by atoms with Crippen molar-refractivity contribution in [3.63, 3.8) is 0 Å². The molecule has 2 aromatic rings. The number of fused-ring (bicyclic) bond motifs is 1. The predicted molar refractivity (Wildman–Crippen MR) is 86.9 cm³/mol. The maximum absolute atomic E-state index is 12.3. The predicted octanol–water partition coefficient (Wildman–Crippen LogP) is 3.91. The highest BCUT2D eigenvalue weighted by molar-refractivity contribution is 6.31. The molecule has 0 fully saturated rings. The Bertz CT molecular complexity index is 899. The fourth-order valence-corrected chi connectivity index (χ4v) is 2.50. The first-order valence-corrected chi connectivity index (χ1v) is 7.01. The lowest BCUT2D eigenvalue weighted by atomic mass is 10.1. The van der Waals surface area contributed by atoms with Crippen molar-refractivity contribution in [1.82, 2.24) is 0 Å². The van der Waals surface area contributed by atoms with Crippen LogP contribution in [0, 0.1) is 0 Å². The molecular weight excluding hydrogens is 318 g/mol. The molecule has 23 heavy (non-hydrogen) atoms. The number of carbonyl (C=O) groups is 2. The molecule has 114 valence electrons. The van der Waals surface area contributed by atoms with Crippen molar-refractivity contribution >= 4 is 41.0 Å². The minimum Gasteiger partial charge on any atom is -0.506 e. The molecule has 6 heteroatoms. The summed E-state index contributed by atoms with van der Waals surface area (Å²) in [6, 6.07) is 10.9. The zero-order valence-electron chi connectivity index (χ0n) is 11.7. The van der Waals surface area contributed by atoms with Gasteiger partial charge in [-0.2, -0.15) is 0 Å². The van der Waals surface area contributed by atoms with Gasteiger partial charge in [-0.25, -0.2) is 4.79 Å². The summed E-state index contributed by atoms with van der Waals surface area (Å²) in [5.41, 5.74) is 0.912. The molecule has 0 heterocycles. The molecule has 0 bridgehead atoms. The molecule has 0 atom stereocenters. The highest BCUT2D eigenvalue weighted by Gasteiger charge is 2.28. The Morgan fingerprint density at radius 1 is 1.13 bits per heavy atom. The minimum absolute atomic E-state index is 0.0255. The van der Waals surface area contributed by atoms with Gasteiger partial charge in [0.1, 0.15) is 5.76 Å². The fourth-order valence-electron chi connectivity index (χ4n) is 2.33. The number of carboxylic acids is 1. The lowest BCUT2D eigenvalue weighted by Crippen LogP contribution is -2.00. The molecule has 3 rings (SSSR count). The number of nitrogens with zero attached hydrogens (tertiary/aromatic N) is 1. The van der Waals surface area contributed by atoms with Crippen molar-refractivity contribution in [2.45, 2.75) is 0 Å². The molecule has 0 saturated heterocycles. The summed E-state index contributed by atoms with van der Waals surface area (Å²) >= 11 is 5.78. The molecule has 1 aliphatic rings. The molecule has 2 N–H and O–H groups in total. The Kier molecular flexibility index (Phi) is 3.72. The van der Waals surface area contributed by atoms with Crippen molar-refractivity contribution in [2.24, 2.45) is 4.99 Å². The molecule has 2 aromatic carbocycles. The topological polar surface area (TPSA) is 87.0 Å². The molecule has 0 saturated carbocycles. The molecule has 1 aliphatic carbocycles. The van der Waals surface area contributed by atoms with Crippen molar-refractivity contribution in [2.75, 3.05) is 0 Å². The molecule has 5 nitrogen and oxygen atoms in total. The van der Waals surface area contributed by atoms with Crippen molar-refractivity contribution < 1.29 is 19.8 Å². The van der Waals surface area contributed by atoms with Gasteiger partial charge in [0.05, 0.1) is 16.8 Å². The number of ketones is 1. The van der Waals surface area contributed by atoms with Crippen LogP contribution in [0.15, 0.2) is 53.0 Å². The van der Waals surface area contributed by atoms with E-state index in [0.717, 1.165) is 0 Å². The number of carbonyl (C=O) groups excluding carboxylic acids is 1. The molecular formula is C17H10ClNO4. The van der Waals surface area contributed by atoms with Crippen LogP contribution < -0.4 is 0 Å². The van der Waals surface area contributed by atoms with Gasteiger partial charge in [0.25, 0.3) is 0 Å². The smallest absolute Gasteiger partial charge is 0.337 e. The summed E-state index contributed by atoms with van der Waals surface area (Å²) < 4.78 is 0. The number of hydrogen-bond acceptors (Lipinski definition) is 4. The van der Waals surface area contributed by atoms with Crippen LogP contribution in [-0.4, -0.2) is 28.2 Å². The van der Waals surface area contributed by atoms with Crippen LogP contribution in [0.2, 0.25) is 5.02 Å². The Morgan fingerprint density at radius 2 is 1.83 bits per heavy atom. The Hall–Kier alpha value is -2.92. The number of aliphatic imine (C=N–C) groups is 1. The summed E-state index contributed by atoms with van der Waals surface area (Å²) in [6.45, 7) is 0. The minimum atomic E-state index is -1.18. The van der Waals surface area contributed by atoms with Crippen molar-refractivity contribution in [3.8, 4) is 0 Å². The summed E-state index contributed by atoms with van der Waals surface area (Å²) in [6.07, 6.45) is 1.17. The van der Waals surface area contributed by atoms with Crippen LogP contribution >= 0.6 is 11.6 Å². The number of halogens is 1. The lowest BCUT2D eigenvalue weighted by molar-refractivity contribution is 0.0697. The van der Waals surface area contributed by atoms with Crippen LogP contribution in [0.3, 0.4) is 0 Å². The first kappa shape index (κ1) is 15.0. The van der Waals surface area contributed by atoms with Gasteiger partial charge in [0.2, 0.25) is 0 Å². The van der Waals surface area contributed by atoms with Crippen LogP contribution in [-0.2, 0) is 0 Å². The van der Waals surface area contributed by atoms with E-state index in [1.807, 2.05) is 0 Å². The van der Waals surface area contributed by atoms with Crippen LogP contribution in [0.4, 0.5) is 5.69 Å². The van der Waals surface area contributed by atoms with E-state index in [1.165, 1.54) is 24.4 Å². The lowest BCUT2D eigenvalue weighted by Gasteiger charge is -2.01. The molecule has 0 unspecified atom stereocenters. The van der Waals surface area contributed by atoms with E-state index in [1.54, 1.807) is 24.3 Å². The van der Waals surface area contributed by atoms with E-state index < -0.39 is 5.97 Å². The highest BCUT2D eigenvalue weighted by Crippen LogP contribution is 2.31. The second-order valence-electron chi connectivity index (χ2n) is 4.86. The van der Waals surface area contributed by atoms with Gasteiger partial charge >= 0.3 is 5.97 Å². The van der Waals surface area contributed by atoms with Crippen molar-refractivity contribution in [1.29, 1.82) is 0 Å². The molecule has 0 spiro atoms. The first-order chi connectivity index (χ1) is 11.0. The third kappa shape index (κ3) is 2.62. The van der Waals surface area contributed by atoms with Gasteiger partial charge in [-0.3, -0.25) is 9.79 Å². The van der Waals surface area contributed by atoms with Gasteiger partial charge in [-0.1, -0.05) is 35.9 Å². The quantitative estimate of drug-likeness (QED) is 0.837. The summed E-state index contributed by atoms with van der Waals surface area (Å²) in [4.78, 5) is 27.5. The van der Waals surface area contributed by atoms with E-state index in [-0.39, 0.29) is 33.4 Å². The molecule has 0 aromatic heterocycles. The van der Waals surface area contributed by atoms with E-state index >= 15 is 0 Å². The van der Waals surface area contributed by atoms with Gasteiger partial charge < -0.3 is 10.2 Å². The average molecular weight is 328 g/mol. The average Bonchev–Trinajstić information content (AvgIpc) is 2.78. The Morgan fingerprint density at radius 3 is 2.48 bits per heavy atom. The van der Waals surface area contributed by atoms with Gasteiger partial charge in [-0.05, 0) is 18.2 Å². The van der Waals surface area contributed by atoms with Crippen LogP contribution in [0.1, 0.15) is 26.3 Å². The number of carboxylic acid groups (broad SMARTS) is 1. The monoisotopic (exact) mass is 327 g/mol. The molecule has 0 amide bonds. The van der Waals surface area contributed by atoms with Gasteiger partial charge in [0.15, 0.2) is 5.78 Å². The van der Waals surface area contributed by atoms with E-state index in [0.29, 0.717) is 11.1 Å². The third-order valence-electron chi connectivity index (χ3n) is 3.45. The normalized spacial score (nSPS) is 13.7. The zero-order valence-corrected chi connectivity index (χ0v) is 12.4. The number of allylic oxidation sites excluding steroid dienone is 1. The fraction of sp³-hybridized carbons (Fsp3) is 0. The van der Waals surface area contributed by atoms with Crippen LogP contribution in [0.5, 0.6) is 0 Å². The Labute approximate surface area is 136 Å². The maximum Gasteiger partial charge on any atom is 0.337 e. The van der Waals surface area contributed by atoms with Crippen molar-refractivity contribution in [3.05, 3.63) is 69.8 Å². The summed E-state index contributed by atoms with van der Waals surface area (Å²) in [5.74, 6) is -1.70. The third-order valence-corrected chi connectivity index (χ3v) is 3.68. The second kappa shape index (κ2) is 5.70. The number of Topliss-reactive ketones (excluding diaryl/α,β-unsaturated/α-hetero) is 1. The first-order valence-electron chi connectivity index (χ1n) is 6.63. The maximum atomic E-state index is 12.3. The van der Waals surface area contributed by atoms with Gasteiger partial charge in [0, 0.05) is 22.4 Å². The second-order valence-corrected chi connectivity index (χ2v) is 5.30. The number of aliphatic hydroxyl groups excluding tert-OH is 1. The number of benzene rings is 2. The summed E-state index contributed by atoms with van der Waals surface area (Å²) in [7, 11) is 0. The van der Waals surface area contributed by atoms with Gasteiger partial charge in [-0.15, -0.1) is 0 Å². The number of aromatic carboxylic acids is 1.